The molecule has 0 fully saturated rings. The number of sulfonamides is 1. The van der Waals surface area contributed by atoms with Crippen molar-refractivity contribution in [1.29, 1.82) is 0 Å². The van der Waals surface area contributed by atoms with E-state index in [2.05, 4.69) is 11.9 Å². The molecule has 2 aromatic carbocycles. The third-order valence-corrected chi connectivity index (χ3v) is 5.43. The van der Waals surface area contributed by atoms with Crippen LogP contribution in [0, 0.1) is 5.82 Å². The Balaban J connectivity index is 2.33. The Kier molecular flexibility index (Phi) is 7.64. The summed E-state index contributed by atoms with van der Waals surface area (Å²) in [5, 5.41) is 2.46. The molecule has 0 aliphatic rings. The minimum absolute atomic E-state index is 0.101. The van der Waals surface area contributed by atoms with E-state index in [9.17, 15) is 17.6 Å². The van der Waals surface area contributed by atoms with Gasteiger partial charge in [0.15, 0.2) is 0 Å². The quantitative estimate of drug-likeness (QED) is 0.592. The highest BCUT2D eigenvalue weighted by Crippen LogP contribution is 2.28. The van der Waals surface area contributed by atoms with E-state index in [1.165, 1.54) is 12.1 Å². The van der Waals surface area contributed by atoms with Gasteiger partial charge in [0.1, 0.15) is 24.2 Å². The van der Waals surface area contributed by atoms with Crippen LogP contribution in [0.4, 0.5) is 15.8 Å². The van der Waals surface area contributed by atoms with Crippen molar-refractivity contribution in [2.45, 2.75) is 19.4 Å². The van der Waals surface area contributed by atoms with Gasteiger partial charge in [-0.1, -0.05) is 37.2 Å². The third-order valence-electron chi connectivity index (χ3n) is 3.96. The van der Waals surface area contributed by atoms with E-state index in [0.717, 1.165) is 16.6 Å². The Hall–Kier alpha value is -2.58. The van der Waals surface area contributed by atoms with Crippen LogP contribution in [0.1, 0.15) is 13.3 Å². The number of benzene rings is 2. The molecule has 9 heteroatoms. The predicted octanol–water partition coefficient (Wildman–Crippen LogP) is 4.23. The van der Waals surface area contributed by atoms with Crippen LogP contribution in [0.25, 0.3) is 0 Å². The Bertz CT molecular complexity index is 998. The van der Waals surface area contributed by atoms with Gasteiger partial charge in [-0.05, 0) is 36.8 Å². The summed E-state index contributed by atoms with van der Waals surface area (Å²) in [6.45, 7) is 5.56. The standard InChI is InChI=1S/C20H22ClFN2O4S/c1-4-11-28-16-8-6-7-14(12-16)23-20(25)19(5-2)24(29(3,26)27)15-9-10-18(22)17(21)13-15/h4,6-10,12-13,19H,1,5,11H2,2-3H3,(H,23,25). The minimum Gasteiger partial charge on any atom is -0.489 e. The van der Waals surface area contributed by atoms with Crippen molar-refractivity contribution in [3.63, 3.8) is 0 Å². The van der Waals surface area contributed by atoms with E-state index >= 15 is 0 Å². The normalized spacial score (nSPS) is 12.1. The topological polar surface area (TPSA) is 75.7 Å². The smallest absolute Gasteiger partial charge is 0.248 e. The first kappa shape index (κ1) is 22.7. The number of anilines is 2. The summed E-state index contributed by atoms with van der Waals surface area (Å²) in [6, 6.07) is 9.13. The first-order valence-electron chi connectivity index (χ1n) is 8.76. The monoisotopic (exact) mass is 440 g/mol. The van der Waals surface area contributed by atoms with E-state index in [0.29, 0.717) is 18.0 Å². The number of nitrogens with zero attached hydrogens (tertiary/aromatic N) is 1. The van der Waals surface area contributed by atoms with Crippen LogP contribution in [-0.2, 0) is 14.8 Å². The fourth-order valence-corrected chi connectivity index (χ4v) is 4.11. The number of rotatable bonds is 9. The predicted molar refractivity (Wildman–Crippen MR) is 114 cm³/mol. The van der Waals surface area contributed by atoms with Crippen LogP contribution in [0.2, 0.25) is 5.02 Å². The molecule has 1 N–H and O–H groups in total. The largest absolute Gasteiger partial charge is 0.489 e. The highest BCUT2D eigenvalue weighted by Gasteiger charge is 2.32. The molecule has 0 aliphatic carbocycles. The lowest BCUT2D eigenvalue weighted by molar-refractivity contribution is -0.117. The molecule has 0 spiro atoms. The van der Waals surface area contributed by atoms with Crippen molar-refractivity contribution in [2.75, 3.05) is 22.5 Å². The zero-order chi connectivity index (χ0) is 21.6. The SMILES string of the molecule is C=CCOc1cccc(NC(=O)C(CC)N(c2ccc(F)c(Cl)c2)S(C)(=O)=O)c1. The second kappa shape index (κ2) is 9.76. The summed E-state index contributed by atoms with van der Waals surface area (Å²) < 4.78 is 44.8. The van der Waals surface area contributed by atoms with Crippen molar-refractivity contribution >= 4 is 38.9 Å². The lowest BCUT2D eigenvalue weighted by Gasteiger charge is -2.30. The van der Waals surface area contributed by atoms with Crippen molar-refractivity contribution in [3.05, 3.63) is 66.0 Å². The summed E-state index contributed by atoms with van der Waals surface area (Å²) in [7, 11) is -3.86. The van der Waals surface area contributed by atoms with Gasteiger partial charge >= 0.3 is 0 Å². The van der Waals surface area contributed by atoms with Gasteiger partial charge in [-0.15, -0.1) is 0 Å². The van der Waals surface area contributed by atoms with Gasteiger partial charge in [-0.3, -0.25) is 9.10 Å². The zero-order valence-corrected chi connectivity index (χ0v) is 17.6. The molecule has 0 radical (unpaired) electrons. The van der Waals surface area contributed by atoms with Crippen LogP contribution in [-0.4, -0.2) is 33.2 Å². The molecule has 0 aliphatic heterocycles. The van der Waals surface area contributed by atoms with Gasteiger partial charge in [0.2, 0.25) is 15.9 Å². The third kappa shape index (κ3) is 5.95. The molecule has 1 unspecified atom stereocenters. The minimum atomic E-state index is -3.86. The van der Waals surface area contributed by atoms with Gasteiger partial charge in [0.05, 0.1) is 17.0 Å². The van der Waals surface area contributed by atoms with E-state index < -0.39 is 27.8 Å². The molecule has 0 saturated carbocycles. The molecule has 1 atom stereocenters. The number of hydrogen-bond acceptors (Lipinski definition) is 4. The highest BCUT2D eigenvalue weighted by molar-refractivity contribution is 7.92. The van der Waals surface area contributed by atoms with E-state index in [4.69, 9.17) is 16.3 Å². The second-order valence-corrected chi connectivity index (χ2v) is 8.46. The maximum absolute atomic E-state index is 13.5. The Morgan fingerprint density at radius 2 is 2.07 bits per heavy atom. The molecule has 0 bridgehead atoms. The number of nitrogens with one attached hydrogen (secondary N) is 1. The summed E-state index contributed by atoms with van der Waals surface area (Å²) in [5.41, 5.74) is 0.546. The summed E-state index contributed by atoms with van der Waals surface area (Å²) in [6.07, 6.45) is 2.75. The highest BCUT2D eigenvalue weighted by atomic mass is 35.5. The van der Waals surface area contributed by atoms with Crippen LogP contribution in [0.15, 0.2) is 55.1 Å². The van der Waals surface area contributed by atoms with Gasteiger partial charge in [-0.2, -0.15) is 0 Å². The number of amides is 1. The molecule has 2 rings (SSSR count). The average Bonchev–Trinajstić information content (AvgIpc) is 2.66. The number of carbonyl (C=O) groups excluding carboxylic acids is 1. The average molecular weight is 441 g/mol. The molecule has 0 aromatic heterocycles. The number of hydrogen-bond donors (Lipinski definition) is 1. The maximum atomic E-state index is 13.5. The maximum Gasteiger partial charge on any atom is 0.248 e. The molecule has 1 amide bonds. The van der Waals surface area contributed by atoms with Crippen LogP contribution in [0.3, 0.4) is 0 Å². The molecule has 156 valence electrons. The number of halogens is 2. The van der Waals surface area contributed by atoms with Crippen molar-refractivity contribution in [1.82, 2.24) is 0 Å². The summed E-state index contributed by atoms with van der Waals surface area (Å²) in [5.74, 6) is -0.696. The van der Waals surface area contributed by atoms with Crippen LogP contribution in [0.5, 0.6) is 5.75 Å². The molecule has 6 nitrogen and oxygen atoms in total. The van der Waals surface area contributed by atoms with Crippen molar-refractivity contribution in [2.24, 2.45) is 0 Å². The molecule has 0 saturated heterocycles. The van der Waals surface area contributed by atoms with Gasteiger partial charge in [0, 0.05) is 11.8 Å². The van der Waals surface area contributed by atoms with Crippen LogP contribution < -0.4 is 14.4 Å². The van der Waals surface area contributed by atoms with E-state index in [1.807, 2.05) is 0 Å². The zero-order valence-electron chi connectivity index (χ0n) is 16.1. The number of carbonyl (C=O) groups is 1. The lowest BCUT2D eigenvalue weighted by Crippen LogP contribution is -2.47. The Morgan fingerprint density at radius 1 is 1.34 bits per heavy atom. The van der Waals surface area contributed by atoms with Crippen molar-refractivity contribution in [3.8, 4) is 5.75 Å². The second-order valence-electron chi connectivity index (χ2n) is 6.20. The van der Waals surface area contributed by atoms with Gasteiger partial charge in [-0.25, -0.2) is 12.8 Å². The Morgan fingerprint density at radius 3 is 2.66 bits per heavy atom. The molecular weight excluding hydrogens is 419 g/mol. The molecule has 29 heavy (non-hydrogen) atoms. The van der Waals surface area contributed by atoms with E-state index in [-0.39, 0.29) is 17.1 Å². The Labute approximate surface area is 175 Å². The first-order valence-corrected chi connectivity index (χ1v) is 11.0. The fraction of sp³-hybridized carbons (Fsp3) is 0.250. The summed E-state index contributed by atoms with van der Waals surface area (Å²) >= 11 is 5.81. The molecule has 2 aromatic rings. The van der Waals surface area contributed by atoms with Gasteiger partial charge < -0.3 is 10.1 Å². The molecule has 0 heterocycles. The summed E-state index contributed by atoms with van der Waals surface area (Å²) in [4.78, 5) is 12.9. The van der Waals surface area contributed by atoms with E-state index in [1.54, 1.807) is 37.3 Å². The molecular formula is C20H22ClFN2O4S. The van der Waals surface area contributed by atoms with Crippen molar-refractivity contribution < 1.29 is 22.3 Å². The first-order chi connectivity index (χ1) is 13.7. The fourth-order valence-electron chi connectivity index (χ4n) is 2.73. The van der Waals surface area contributed by atoms with Crippen LogP contribution >= 0.6 is 11.6 Å². The lowest BCUT2D eigenvalue weighted by atomic mass is 10.1. The van der Waals surface area contributed by atoms with Gasteiger partial charge in [0.25, 0.3) is 0 Å². The number of ether oxygens (including phenoxy) is 1.